The first-order chi connectivity index (χ1) is 11.5. The zero-order chi connectivity index (χ0) is 17.5. The first-order valence-electron chi connectivity index (χ1n) is 7.08. The maximum atomic E-state index is 12.2. The minimum Gasteiger partial charge on any atom is -0.466 e. The van der Waals surface area contributed by atoms with Crippen molar-refractivity contribution in [1.82, 2.24) is 4.98 Å². The molecule has 0 aliphatic rings. The molecular weight excluding hydrogens is 366 g/mol. The van der Waals surface area contributed by atoms with Crippen molar-refractivity contribution in [2.24, 2.45) is 0 Å². The van der Waals surface area contributed by atoms with Crippen LogP contribution in [0.5, 0.6) is 0 Å². The van der Waals surface area contributed by atoms with Crippen molar-refractivity contribution in [2.75, 3.05) is 11.9 Å². The third kappa shape index (κ3) is 5.06. The van der Waals surface area contributed by atoms with E-state index in [-0.39, 0.29) is 23.5 Å². The summed E-state index contributed by atoms with van der Waals surface area (Å²) < 4.78 is 5.60. The first kappa shape index (κ1) is 18.4. The van der Waals surface area contributed by atoms with Crippen LogP contribution in [0.25, 0.3) is 0 Å². The van der Waals surface area contributed by atoms with Gasteiger partial charge in [0.2, 0.25) is 5.91 Å². The van der Waals surface area contributed by atoms with Crippen molar-refractivity contribution >= 4 is 51.3 Å². The number of hydrogen-bond donors (Lipinski definition) is 1. The number of carbonyl (C=O) groups excluding carboxylic acids is 2. The number of carbonyl (C=O) groups is 2. The van der Waals surface area contributed by atoms with Crippen LogP contribution in [0.3, 0.4) is 0 Å². The van der Waals surface area contributed by atoms with E-state index in [2.05, 4.69) is 10.3 Å². The number of hydrogen-bond acceptors (Lipinski definition) is 8. The smallest absolute Gasteiger partial charge is 0.311 e. The summed E-state index contributed by atoms with van der Waals surface area (Å²) in [6.45, 7) is 3.87. The van der Waals surface area contributed by atoms with Crippen LogP contribution in [0.4, 0.5) is 5.00 Å². The quantitative estimate of drug-likeness (QED) is 0.584. The molecule has 0 fully saturated rings. The summed E-state index contributed by atoms with van der Waals surface area (Å²) in [7, 11) is 0. The molecule has 0 bridgehead atoms. The topological polar surface area (TPSA) is 92.1 Å². The summed E-state index contributed by atoms with van der Waals surface area (Å²) in [5.41, 5.74) is 1.09. The number of nitrogens with one attached hydrogen (secondary N) is 1. The number of esters is 1. The first-order valence-corrected chi connectivity index (χ1v) is 9.72. The van der Waals surface area contributed by atoms with Gasteiger partial charge in [-0.1, -0.05) is 11.8 Å². The van der Waals surface area contributed by atoms with E-state index in [9.17, 15) is 9.59 Å². The molecule has 0 saturated carbocycles. The van der Waals surface area contributed by atoms with Gasteiger partial charge < -0.3 is 10.1 Å². The molecule has 9 heteroatoms. The Hall–Kier alpha value is -1.89. The van der Waals surface area contributed by atoms with Crippen LogP contribution in [0.2, 0.25) is 0 Å². The van der Waals surface area contributed by atoms with Crippen molar-refractivity contribution in [1.29, 1.82) is 5.26 Å². The molecule has 2 aromatic heterocycles. The molecule has 0 radical (unpaired) electrons. The predicted molar refractivity (Wildman–Crippen MR) is 95.4 cm³/mol. The van der Waals surface area contributed by atoms with Crippen LogP contribution in [0.15, 0.2) is 21.2 Å². The fraction of sp³-hybridized carbons (Fsp3) is 0.333. The second-order valence-corrected chi connectivity index (χ2v) is 7.97. The van der Waals surface area contributed by atoms with Crippen molar-refractivity contribution in [3.8, 4) is 6.07 Å². The largest absolute Gasteiger partial charge is 0.466 e. The second-order valence-electron chi connectivity index (χ2n) is 4.61. The van der Waals surface area contributed by atoms with E-state index >= 15 is 0 Å². The minimum atomic E-state index is -0.375. The highest BCUT2D eigenvalue weighted by Gasteiger charge is 2.19. The zero-order valence-electron chi connectivity index (χ0n) is 13.1. The normalized spacial score (nSPS) is 11.5. The van der Waals surface area contributed by atoms with Crippen molar-refractivity contribution in [2.45, 2.75) is 29.9 Å². The second kappa shape index (κ2) is 8.82. The summed E-state index contributed by atoms with van der Waals surface area (Å²) in [4.78, 5) is 28.0. The number of nitrogens with zero attached hydrogens (tertiary/aromatic N) is 2. The molecule has 2 rings (SSSR count). The number of ether oxygens (including phenoxy) is 1. The summed E-state index contributed by atoms with van der Waals surface area (Å²) in [5.74, 6) is -0.507. The lowest BCUT2D eigenvalue weighted by Gasteiger charge is -2.09. The molecule has 0 saturated heterocycles. The van der Waals surface area contributed by atoms with E-state index in [1.165, 1.54) is 34.4 Å². The van der Waals surface area contributed by atoms with E-state index in [0.717, 1.165) is 0 Å². The van der Waals surface area contributed by atoms with Gasteiger partial charge in [-0.25, -0.2) is 4.98 Å². The summed E-state index contributed by atoms with van der Waals surface area (Å²) in [6.07, 6.45) is 0.131. The van der Waals surface area contributed by atoms with Crippen molar-refractivity contribution in [3.63, 3.8) is 0 Å². The van der Waals surface area contributed by atoms with Gasteiger partial charge in [0.05, 0.1) is 29.5 Å². The fourth-order valence-electron chi connectivity index (χ4n) is 1.70. The Balaban J connectivity index is 1.91. The van der Waals surface area contributed by atoms with Gasteiger partial charge in [0.1, 0.15) is 11.1 Å². The number of nitriles is 1. The van der Waals surface area contributed by atoms with Gasteiger partial charge in [0, 0.05) is 5.38 Å². The summed E-state index contributed by atoms with van der Waals surface area (Å²) in [5, 5.41) is 15.4. The van der Waals surface area contributed by atoms with Crippen LogP contribution < -0.4 is 5.32 Å². The molecule has 2 aromatic rings. The number of thiophene rings is 1. The molecule has 0 aromatic carbocycles. The molecule has 1 atom stereocenters. The van der Waals surface area contributed by atoms with Gasteiger partial charge in [-0.3, -0.25) is 9.59 Å². The Morgan fingerprint density at radius 2 is 2.29 bits per heavy atom. The number of aromatic nitrogens is 1. The van der Waals surface area contributed by atoms with Crippen molar-refractivity contribution < 1.29 is 14.3 Å². The highest BCUT2D eigenvalue weighted by molar-refractivity contribution is 8.02. The van der Waals surface area contributed by atoms with Gasteiger partial charge in [0.15, 0.2) is 4.34 Å². The molecule has 0 aliphatic carbocycles. The summed E-state index contributed by atoms with van der Waals surface area (Å²) in [6, 6.07) is 3.70. The molecular formula is C15H15N3O3S3. The van der Waals surface area contributed by atoms with Crippen LogP contribution in [0.1, 0.15) is 25.1 Å². The predicted octanol–water partition coefficient (Wildman–Crippen LogP) is 3.30. The Bertz CT molecular complexity index is 763. The molecule has 24 heavy (non-hydrogen) atoms. The molecule has 1 amide bonds. The lowest BCUT2D eigenvalue weighted by atomic mass is 10.3. The molecule has 6 nitrogen and oxygen atoms in total. The van der Waals surface area contributed by atoms with Gasteiger partial charge in [-0.2, -0.15) is 5.26 Å². The molecule has 0 aliphatic heterocycles. The fourth-order valence-corrected chi connectivity index (χ4v) is 4.42. The highest BCUT2D eigenvalue weighted by Crippen LogP contribution is 2.29. The minimum absolute atomic E-state index is 0.131. The van der Waals surface area contributed by atoms with E-state index in [1.54, 1.807) is 30.7 Å². The molecule has 126 valence electrons. The van der Waals surface area contributed by atoms with Gasteiger partial charge in [0.25, 0.3) is 0 Å². The van der Waals surface area contributed by atoms with Gasteiger partial charge in [-0.05, 0) is 25.3 Å². The average molecular weight is 382 g/mol. The SMILES string of the molecule is CCOC(=O)Cc1csc(S[C@@H](C)C(=O)Nc2sccc2C#N)n1. The third-order valence-corrected chi connectivity index (χ3v) is 5.78. The van der Waals surface area contributed by atoms with Crippen LogP contribution >= 0.6 is 34.4 Å². The lowest BCUT2D eigenvalue weighted by Crippen LogP contribution is -2.22. The number of amides is 1. The average Bonchev–Trinajstić information content (AvgIpc) is 3.16. The number of rotatable bonds is 7. The number of thiazole rings is 1. The molecule has 0 spiro atoms. The number of anilines is 1. The zero-order valence-corrected chi connectivity index (χ0v) is 15.5. The maximum absolute atomic E-state index is 12.2. The Kier molecular flexibility index (Phi) is 6.78. The van der Waals surface area contributed by atoms with E-state index in [4.69, 9.17) is 10.00 Å². The van der Waals surface area contributed by atoms with E-state index in [1.807, 2.05) is 6.07 Å². The monoisotopic (exact) mass is 381 g/mol. The standard InChI is InChI=1S/C15H15N3O3S3/c1-3-21-12(19)6-11-8-23-15(17-11)24-9(2)13(20)18-14-10(7-16)4-5-22-14/h4-5,8-9H,3,6H2,1-2H3,(H,18,20)/t9-/m0/s1. The van der Waals surface area contributed by atoms with E-state index in [0.29, 0.717) is 27.2 Å². The van der Waals surface area contributed by atoms with Crippen molar-refractivity contribution in [3.05, 3.63) is 28.1 Å². The maximum Gasteiger partial charge on any atom is 0.311 e. The third-order valence-electron chi connectivity index (χ3n) is 2.83. The van der Waals surface area contributed by atoms with Crippen LogP contribution in [-0.2, 0) is 20.7 Å². The lowest BCUT2D eigenvalue weighted by molar-refractivity contribution is -0.142. The molecule has 0 unspecified atom stereocenters. The molecule has 1 N–H and O–H groups in total. The van der Waals surface area contributed by atoms with Gasteiger partial charge >= 0.3 is 5.97 Å². The van der Waals surface area contributed by atoms with Crippen LogP contribution in [0, 0.1) is 11.3 Å². The van der Waals surface area contributed by atoms with E-state index < -0.39 is 0 Å². The Morgan fingerprint density at radius 1 is 1.50 bits per heavy atom. The van der Waals surface area contributed by atoms with Crippen LogP contribution in [-0.4, -0.2) is 28.7 Å². The highest BCUT2D eigenvalue weighted by atomic mass is 32.2. The van der Waals surface area contributed by atoms with Gasteiger partial charge in [-0.15, -0.1) is 22.7 Å². The number of thioether (sulfide) groups is 1. The molecule has 2 heterocycles. The summed E-state index contributed by atoms with van der Waals surface area (Å²) >= 11 is 4.01. The Labute approximate surface area is 151 Å². The Morgan fingerprint density at radius 3 is 3.00 bits per heavy atom.